The third kappa shape index (κ3) is 3.66. The molecule has 0 aromatic rings. The molecule has 84 valence electrons. The van der Waals surface area contributed by atoms with E-state index in [0.717, 1.165) is 0 Å². The van der Waals surface area contributed by atoms with Crippen molar-refractivity contribution in [3.05, 3.63) is 0 Å². The molecule has 0 rings (SSSR count). The largest absolute Gasteiger partial charge is 0.750 e. The molecule has 0 saturated heterocycles. The lowest BCUT2D eigenvalue weighted by molar-refractivity contribution is -0.144. The molecule has 0 aromatic carbocycles. The van der Waals surface area contributed by atoms with E-state index in [9.17, 15) is 4.79 Å². The number of halogens is 1. The van der Waals surface area contributed by atoms with E-state index < -0.39 is 19.3 Å². The number of carbonyl (C=O) groups excluding carboxylic acids is 1. The molecule has 0 aliphatic carbocycles. The zero-order valence-corrected chi connectivity index (χ0v) is 11.5. The molecule has 0 fully saturated rings. The van der Waals surface area contributed by atoms with E-state index in [1.807, 2.05) is 0 Å². The third-order valence-corrected chi connectivity index (χ3v) is 3.71. The van der Waals surface area contributed by atoms with E-state index in [-0.39, 0.29) is 0 Å². The molecule has 0 amide bonds. The van der Waals surface area contributed by atoms with Gasteiger partial charge in [0, 0.05) is 21.3 Å². The van der Waals surface area contributed by atoms with Crippen LogP contribution in [-0.2, 0) is 22.5 Å². The van der Waals surface area contributed by atoms with Crippen LogP contribution < -0.4 is 0 Å². The van der Waals surface area contributed by atoms with Gasteiger partial charge in [0.05, 0.1) is 0 Å². The highest BCUT2D eigenvalue weighted by Gasteiger charge is 2.49. The molecule has 0 spiro atoms. The number of hydrogen-bond donors (Lipinski definition) is 0. The Kier molecular flexibility index (Phi) is 5.24. The molecular formula is C7H15BrO5Si. The van der Waals surface area contributed by atoms with Gasteiger partial charge in [-0.2, -0.15) is 0 Å². The smallest absolute Gasteiger partial charge is 0.451 e. The maximum atomic E-state index is 11.5. The average Bonchev–Trinajstić information content (AvgIpc) is 2.12. The van der Waals surface area contributed by atoms with Crippen LogP contribution in [0.2, 0.25) is 0 Å². The quantitative estimate of drug-likeness (QED) is 0.559. The molecule has 0 unspecified atom stereocenters. The van der Waals surface area contributed by atoms with Crippen LogP contribution in [0.5, 0.6) is 0 Å². The minimum absolute atomic E-state index is 0.491. The maximum Gasteiger partial charge on any atom is 0.750 e. The van der Waals surface area contributed by atoms with E-state index in [1.165, 1.54) is 21.3 Å². The maximum absolute atomic E-state index is 11.5. The second kappa shape index (κ2) is 5.22. The fourth-order valence-corrected chi connectivity index (χ4v) is 2.07. The highest BCUT2D eigenvalue weighted by atomic mass is 79.9. The summed E-state index contributed by atoms with van der Waals surface area (Å²) >= 11 is 3.17. The summed E-state index contributed by atoms with van der Waals surface area (Å²) in [6.45, 7) is 3.32. The van der Waals surface area contributed by atoms with Crippen molar-refractivity contribution in [3.8, 4) is 0 Å². The molecule has 0 saturated carbocycles. The SMILES string of the molecule is CO[Si](OC)(OC)OC(=O)C(C)(C)Br. The van der Waals surface area contributed by atoms with Gasteiger partial charge in [-0.05, 0) is 13.8 Å². The molecule has 0 aliphatic heterocycles. The van der Waals surface area contributed by atoms with Gasteiger partial charge in [0.1, 0.15) is 4.32 Å². The normalized spacial score (nSPS) is 12.7. The first-order valence-electron chi connectivity index (χ1n) is 3.89. The molecule has 0 aromatic heterocycles. The predicted octanol–water partition coefficient (Wildman–Crippen LogP) is 1.08. The summed E-state index contributed by atoms with van der Waals surface area (Å²) in [6.07, 6.45) is 0. The van der Waals surface area contributed by atoms with Crippen LogP contribution in [0.25, 0.3) is 0 Å². The summed E-state index contributed by atoms with van der Waals surface area (Å²) in [4.78, 5) is 11.5. The van der Waals surface area contributed by atoms with Gasteiger partial charge in [-0.25, -0.2) is 0 Å². The minimum atomic E-state index is -3.27. The molecule has 14 heavy (non-hydrogen) atoms. The van der Waals surface area contributed by atoms with Crippen molar-refractivity contribution in [2.24, 2.45) is 0 Å². The summed E-state index contributed by atoms with van der Waals surface area (Å²) in [5, 5.41) is 0. The van der Waals surface area contributed by atoms with Crippen LogP contribution in [0.1, 0.15) is 13.8 Å². The molecule has 0 aliphatic rings. The lowest BCUT2D eigenvalue weighted by Gasteiger charge is -2.25. The van der Waals surface area contributed by atoms with Crippen molar-refractivity contribution in [2.45, 2.75) is 18.2 Å². The van der Waals surface area contributed by atoms with Gasteiger partial charge in [0.2, 0.25) is 0 Å². The van der Waals surface area contributed by atoms with E-state index >= 15 is 0 Å². The number of carbonyl (C=O) groups is 1. The first-order chi connectivity index (χ1) is 6.31. The molecule has 0 N–H and O–H groups in total. The van der Waals surface area contributed by atoms with Crippen LogP contribution in [0.4, 0.5) is 0 Å². The van der Waals surface area contributed by atoms with Gasteiger partial charge in [-0.15, -0.1) is 0 Å². The molecule has 0 bridgehead atoms. The topological polar surface area (TPSA) is 54.0 Å². The van der Waals surface area contributed by atoms with Crippen molar-refractivity contribution in [2.75, 3.05) is 21.3 Å². The highest BCUT2D eigenvalue weighted by Crippen LogP contribution is 2.21. The van der Waals surface area contributed by atoms with E-state index in [4.69, 9.17) is 17.7 Å². The molecule has 0 atom stereocenters. The summed E-state index contributed by atoms with van der Waals surface area (Å²) in [5.74, 6) is -0.491. The van der Waals surface area contributed by atoms with Crippen LogP contribution >= 0.6 is 15.9 Å². The molecule has 0 heterocycles. The number of alkyl halides is 1. The van der Waals surface area contributed by atoms with Crippen molar-refractivity contribution < 1.29 is 22.5 Å². The van der Waals surface area contributed by atoms with Gasteiger partial charge < -0.3 is 17.7 Å². The highest BCUT2D eigenvalue weighted by molar-refractivity contribution is 9.10. The number of hydrogen-bond acceptors (Lipinski definition) is 5. The van der Waals surface area contributed by atoms with Gasteiger partial charge in [-0.3, -0.25) is 4.79 Å². The predicted molar refractivity (Wildman–Crippen MR) is 55.9 cm³/mol. The van der Waals surface area contributed by atoms with Crippen LogP contribution in [0, 0.1) is 0 Å². The average molecular weight is 287 g/mol. The third-order valence-electron chi connectivity index (χ3n) is 1.45. The van der Waals surface area contributed by atoms with Gasteiger partial charge in [0.25, 0.3) is 0 Å². The van der Waals surface area contributed by atoms with Crippen LogP contribution in [-0.4, -0.2) is 40.7 Å². The second-order valence-electron chi connectivity index (χ2n) is 2.97. The van der Waals surface area contributed by atoms with Crippen molar-refractivity contribution in [1.82, 2.24) is 0 Å². The summed E-state index contributed by atoms with van der Waals surface area (Å²) < 4.78 is 19.0. The van der Waals surface area contributed by atoms with E-state index in [2.05, 4.69) is 15.9 Å². The zero-order valence-electron chi connectivity index (χ0n) is 8.92. The Morgan fingerprint density at radius 3 is 1.71 bits per heavy atom. The molecule has 0 radical (unpaired) electrons. The van der Waals surface area contributed by atoms with E-state index in [1.54, 1.807) is 13.8 Å². The Morgan fingerprint density at radius 1 is 1.14 bits per heavy atom. The van der Waals surface area contributed by atoms with Gasteiger partial charge in [0.15, 0.2) is 0 Å². The monoisotopic (exact) mass is 286 g/mol. The Labute approximate surface area is 93.3 Å². The van der Waals surface area contributed by atoms with Crippen LogP contribution in [0.15, 0.2) is 0 Å². The van der Waals surface area contributed by atoms with Crippen molar-refractivity contribution in [1.29, 1.82) is 0 Å². The first kappa shape index (κ1) is 14.0. The van der Waals surface area contributed by atoms with Crippen molar-refractivity contribution >= 4 is 30.9 Å². The molecular weight excluding hydrogens is 272 g/mol. The van der Waals surface area contributed by atoms with Crippen LogP contribution in [0.3, 0.4) is 0 Å². The first-order valence-corrected chi connectivity index (χ1v) is 6.31. The minimum Gasteiger partial charge on any atom is -0.451 e. The van der Waals surface area contributed by atoms with Crippen molar-refractivity contribution in [3.63, 3.8) is 0 Å². The van der Waals surface area contributed by atoms with E-state index in [0.29, 0.717) is 0 Å². The second-order valence-corrected chi connectivity index (χ2v) is 7.39. The molecule has 7 heteroatoms. The lowest BCUT2D eigenvalue weighted by Crippen LogP contribution is -2.50. The Hall–Kier alpha value is 0.0469. The standard InChI is InChI=1S/C7H15BrO5Si/c1-7(2,8)6(9)13-14(10-3,11-4)12-5/h1-5H3. The Balaban J connectivity index is 4.54. The Morgan fingerprint density at radius 2 is 1.50 bits per heavy atom. The summed E-state index contributed by atoms with van der Waals surface area (Å²) in [6, 6.07) is 0. The fraction of sp³-hybridized carbons (Fsp3) is 0.857. The van der Waals surface area contributed by atoms with Gasteiger partial charge in [-0.1, -0.05) is 15.9 Å². The summed E-state index contributed by atoms with van der Waals surface area (Å²) in [7, 11) is 0.837. The van der Waals surface area contributed by atoms with Gasteiger partial charge >= 0.3 is 15.0 Å². The summed E-state index contributed by atoms with van der Waals surface area (Å²) in [5.41, 5.74) is 0. The molecule has 5 nitrogen and oxygen atoms in total. The lowest BCUT2D eigenvalue weighted by atomic mass is 10.2. The Bertz CT molecular complexity index is 190. The number of rotatable bonds is 5. The zero-order chi connectivity index (χ0) is 11.4. The fourth-order valence-electron chi connectivity index (χ4n) is 0.610.